The number of thioether (sulfide) groups is 1. The number of hydrogen-bond acceptors (Lipinski definition) is 8. The molecule has 3 aromatic rings. The SMILES string of the molecule is COc1ccc(CN(C(=O)CSc2nc(C)cc(C)n2)C2(C(=O)Nc3ccc(N4CCOCC4)cc3)CCCCC2)cc1. The summed E-state index contributed by atoms with van der Waals surface area (Å²) in [5.74, 6) is 0.640. The van der Waals surface area contributed by atoms with E-state index in [2.05, 4.69) is 20.2 Å². The number of aryl methyl sites for hydroxylation is 2. The van der Waals surface area contributed by atoms with Crippen LogP contribution in [0.25, 0.3) is 0 Å². The second kappa shape index (κ2) is 14.2. The van der Waals surface area contributed by atoms with Crippen LogP contribution in [0.5, 0.6) is 5.75 Å². The fraction of sp³-hybridized carbons (Fsp3) is 0.455. The molecule has 2 aliphatic rings. The molecule has 0 radical (unpaired) electrons. The normalized spacial score (nSPS) is 16.4. The number of anilines is 2. The molecule has 0 spiro atoms. The monoisotopic (exact) mass is 603 g/mol. The fourth-order valence-corrected chi connectivity index (χ4v) is 6.76. The molecule has 2 heterocycles. The largest absolute Gasteiger partial charge is 0.497 e. The van der Waals surface area contributed by atoms with Crippen LogP contribution in [0.4, 0.5) is 11.4 Å². The number of amides is 2. The standard InChI is InChI=1S/C33H41N5O4S/c1-24-21-25(2)35-32(34-24)43-23-30(39)38(22-26-7-13-29(41-3)14-8-26)33(15-5-4-6-16-33)31(40)36-27-9-11-28(12-10-27)37-17-19-42-20-18-37/h7-14,21H,4-6,15-20,22-23H2,1-3H3,(H,36,40). The molecule has 5 rings (SSSR count). The minimum atomic E-state index is -0.970. The highest BCUT2D eigenvalue weighted by Crippen LogP contribution is 2.37. The number of methoxy groups -OCH3 is 1. The number of benzene rings is 2. The maximum atomic E-state index is 14.3. The third-order valence-electron chi connectivity index (χ3n) is 8.21. The number of carbonyl (C=O) groups excluding carboxylic acids is 2. The average molecular weight is 604 g/mol. The molecule has 0 atom stereocenters. The van der Waals surface area contributed by atoms with E-state index in [9.17, 15) is 9.59 Å². The van der Waals surface area contributed by atoms with Crippen molar-refractivity contribution in [3.63, 3.8) is 0 Å². The van der Waals surface area contributed by atoms with Gasteiger partial charge in [-0.25, -0.2) is 9.97 Å². The van der Waals surface area contributed by atoms with Gasteiger partial charge >= 0.3 is 0 Å². The maximum Gasteiger partial charge on any atom is 0.250 e. The first-order valence-corrected chi connectivity index (χ1v) is 16.0. The lowest BCUT2D eigenvalue weighted by Gasteiger charge is -2.45. The zero-order valence-corrected chi connectivity index (χ0v) is 26.1. The van der Waals surface area contributed by atoms with E-state index in [0.29, 0.717) is 37.8 Å². The molecular weight excluding hydrogens is 562 g/mol. The fourth-order valence-electron chi connectivity index (χ4n) is 5.93. The topological polar surface area (TPSA) is 96.9 Å². The first-order chi connectivity index (χ1) is 20.9. The maximum absolute atomic E-state index is 14.3. The van der Waals surface area contributed by atoms with Gasteiger partial charge < -0.3 is 24.6 Å². The molecule has 2 amide bonds. The Morgan fingerprint density at radius 3 is 2.26 bits per heavy atom. The van der Waals surface area contributed by atoms with E-state index in [0.717, 1.165) is 66.4 Å². The molecule has 1 aliphatic carbocycles. The Morgan fingerprint density at radius 2 is 1.63 bits per heavy atom. The average Bonchev–Trinajstić information content (AvgIpc) is 3.03. The Balaban J connectivity index is 1.40. The van der Waals surface area contributed by atoms with Gasteiger partial charge in [-0.2, -0.15) is 0 Å². The number of carbonyl (C=O) groups is 2. The van der Waals surface area contributed by atoms with Crippen LogP contribution in [-0.4, -0.2) is 71.4 Å². The lowest BCUT2D eigenvalue weighted by Crippen LogP contribution is -2.60. The summed E-state index contributed by atoms with van der Waals surface area (Å²) < 4.78 is 10.8. The second-order valence-corrected chi connectivity index (χ2v) is 12.2. The van der Waals surface area contributed by atoms with E-state index in [1.807, 2.05) is 68.4 Å². The van der Waals surface area contributed by atoms with E-state index in [1.54, 1.807) is 12.0 Å². The zero-order chi connectivity index (χ0) is 30.2. The third-order valence-corrected chi connectivity index (χ3v) is 9.04. The van der Waals surface area contributed by atoms with Crippen molar-refractivity contribution in [2.75, 3.05) is 49.4 Å². The van der Waals surface area contributed by atoms with E-state index in [-0.39, 0.29) is 17.6 Å². The van der Waals surface area contributed by atoms with E-state index in [1.165, 1.54) is 11.8 Å². The molecular formula is C33H41N5O4S. The Labute approximate surface area is 258 Å². The van der Waals surface area contributed by atoms with E-state index in [4.69, 9.17) is 9.47 Å². The summed E-state index contributed by atoms with van der Waals surface area (Å²) in [5.41, 5.74) is 3.52. The Morgan fingerprint density at radius 1 is 0.977 bits per heavy atom. The lowest BCUT2D eigenvalue weighted by molar-refractivity contribution is -0.146. The molecule has 2 aromatic carbocycles. The highest BCUT2D eigenvalue weighted by molar-refractivity contribution is 7.99. The number of aromatic nitrogens is 2. The van der Waals surface area contributed by atoms with E-state index >= 15 is 0 Å². The summed E-state index contributed by atoms with van der Waals surface area (Å²) in [6, 6.07) is 17.6. The van der Waals surface area contributed by atoms with Crippen molar-refractivity contribution in [1.82, 2.24) is 14.9 Å². The highest BCUT2D eigenvalue weighted by Gasteiger charge is 2.47. The van der Waals surface area contributed by atoms with Crippen LogP contribution < -0.4 is 15.0 Å². The van der Waals surface area contributed by atoms with Gasteiger partial charge in [-0.05, 0) is 74.7 Å². The number of rotatable bonds is 10. The van der Waals surface area contributed by atoms with Crippen LogP contribution in [-0.2, 0) is 20.9 Å². The summed E-state index contributed by atoms with van der Waals surface area (Å²) in [6.07, 6.45) is 4.01. The molecule has 1 aromatic heterocycles. The third kappa shape index (κ3) is 7.67. The van der Waals surface area contributed by atoms with E-state index < -0.39 is 5.54 Å². The van der Waals surface area contributed by atoms with Crippen LogP contribution in [0.2, 0.25) is 0 Å². The minimum absolute atomic E-state index is 0.108. The molecule has 0 bridgehead atoms. The van der Waals surface area contributed by atoms with Gasteiger partial charge in [0.05, 0.1) is 26.1 Å². The van der Waals surface area contributed by atoms with Crippen molar-refractivity contribution in [1.29, 1.82) is 0 Å². The van der Waals surface area contributed by atoms with Gasteiger partial charge in [0.2, 0.25) is 11.8 Å². The summed E-state index contributed by atoms with van der Waals surface area (Å²) in [5, 5.41) is 3.75. The van der Waals surface area contributed by atoms with Gasteiger partial charge in [0.25, 0.3) is 0 Å². The van der Waals surface area contributed by atoms with Crippen LogP contribution in [0.15, 0.2) is 59.8 Å². The van der Waals surface area contributed by atoms with Crippen LogP contribution in [0.1, 0.15) is 49.1 Å². The smallest absolute Gasteiger partial charge is 0.250 e. The Kier molecular flexibility index (Phi) is 10.2. The molecule has 1 N–H and O–H groups in total. The van der Waals surface area contributed by atoms with Gasteiger partial charge in [0.15, 0.2) is 5.16 Å². The summed E-state index contributed by atoms with van der Waals surface area (Å²) in [4.78, 5) is 41.5. The number of ether oxygens (including phenoxy) is 2. The number of nitrogens with zero attached hydrogens (tertiary/aromatic N) is 4. The first kappa shape index (κ1) is 30.8. The Hall–Kier alpha value is -3.63. The molecule has 9 nitrogen and oxygen atoms in total. The minimum Gasteiger partial charge on any atom is -0.497 e. The van der Waals surface area contributed by atoms with Crippen molar-refractivity contribution < 1.29 is 19.1 Å². The van der Waals surface area contributed by atoms with Gasteiger partial charge in [0, 0.05) is 42.4 Å². The first-order valence-electron chi connectivity index (χ1n) is 15.0. The summed E-state index contributed by atoms with van der Waals surface area (Å²) in [6.45, 7) is 7.29. The van der Waals surface area contributed by atoms with Crippen LogP contribution in [0, 0.1) is 13.8 Å². The van der Waals surface area contributed by atoms with Crippen molar-refractivity contribution in [3.05, 3.63) is 71.5 Å². The van der Waals surface area contributed by atoms with Gasteiger partial charge in [0.1, 0.15) is 11.3 Å². The molecule has 43 heavy (non-hydrogen) atoms. The molecule has 1 saturated heterocycles. The number of nitrogens with one attached hydrogen (secondary N) is 1. The molecule has 1 aliphatic heterocycles. The quantitative estimate of drug-likeness (QED) is 0.243. The van der Waals surface area contributed by atoms with Gasteiger partial charge in [-0.3, -0.25) is 9.59 Å². The van der Waals surface area contributed by atoms with Crippen LogP contribution in [0.3, 0.4) is 0 Å². The van der Waals surface area contributed by atoms with Crippen molar-refractivity contribution in [3.8, 4) is 5.75 Å². The molecule has 2 fully saturated rings. The zero-order valence-electron chi connectivity index (χ0n) is 25.3. The lowest BCUT2D eigenvalue weighted by atomic mass is 9.79. The molecule has 0 unspecified atom stereocenters. The van der Waals surface area contributed by atoms with Gasteiger partial charge in [-0.1, -0.05) is 43.2 Å². The van der Waals surface area contributed by atoms with Crippen molar-refractivity contribution >= 4 is 35.0 Å². The highest BCUT2D eigenvalue weighted by atomic mass is 32.2. The Bertz CT molecular complexity index is 1370. The summed E-state index contributed by atoms with van der Waals surface area (Å²) >= 11 is 1.32. The van der Waals surface area contributed by atoms with Gasteiger partial charge in [-0.15, -0.1) is 0 Å². The molecule has 228 valence electrons. The predicted octanol–water partition coefficient (Wildman–Crippen LogP) is 5.40. The van der Waals surface area contributed by atoms with Crippen LogP contribution >= 0.6 is 11.8 Å². The number of hydrogen-bond donors (Lipinski definition) is 1. The number of morpholine rings is 1. The van der Waals surface area contributed by atoms with Crippen molar-refractivity contribution in [2.24, 2.45) is 0 Å². The second-order valence-electron chi connectivity index (χ2n) is 11.2. The summed E-state index contributed by atoms with van der Waals surface area (Å²) in [7, 11) is 1.63. The van der Waals surface area contributed by atoms with Crippen molar-refractivity contribution in [2.45, 2.75) is 63.2 Å². The molecule has 10 heteroatoms. The predicted molar refractivity (Wildman–Crippen MR) is 170 cm³/mol. The molecule has 1 saturated carbocycles.